The van der Waals surface area contributed by atoms with Gasteiger partial charge in [0, 0.05) is 0 Å². The molecule has 0 amide bonds. The lowest BCUT2D eigenvalue weighted by molar-refractivity contribution is -0.0246. The molecule has 0 aromatic carbocycles. The van der Waals surface area contributed by atoms with E-state index < -0.39 is 18.3 Å². The van der Waals surface area contributed by atoms with Crippen LogP contribution in [0, 0.1) is 23.2 Å². The summed E-state index contributed by atoms with van der Waals surface area (Å²) in [5.41, 5.74) is -1.04. The highest BCUT2D eigenvalue weighted by molar-refractivity contribution is 6.53. The molecule has 0 spiro atoms. The molecule has 122 valence electrons. The maximum Gasteiger partial charge on any atom is 0.524 e. The summed E-state index contributed by atoms with van der Waals surface area (Å²) in [5, 5.41) is 0. The third-order valence-corrected chi connectivity index (χ3v) is 7.01. The largest absolute Gasteiger partial charge is 0.524 e. The van der Waals surface area contributed by atoms with Crippen LogP contribution in [-0.2, 0) is 9.31 Å². The van der Waals surface area contributed by atoms with Gasteiger partial charge in [-0.1, -0.05) is 6.08 Å². The van der Waals surface area contributed by atoms with Gasteiger partial charge >= 0.3 is 7.12 Å². The highest BCUT2D eigenvalue weighted by Crippen LogP contribution is 2.61. The van der Waals surface area contributed by atoms with E-state index in [0.717, 1.165) is 17.8 Å². The van der Waals surface area contributed by atoms with E-state index in [2.05, 4.69) is 0 Å². The van der Waals surface area contributed by atoms with Gasteiger partial charge in [-0.3, -0.25) is 0 Å². The van der Waals surface area contributed by atoms with Crippen molar-refractivity contribution in [1.29, 1.82) is 0 Å². The van der Waals surface area contributed by atoms with Crippen molar-refractivity contribution in [3.05, 3.63) is 11.8 Å². The minimum Gasteiger partial charge on any atom is -0.398 e. The first kappa shape index (κ1) is 15.2. The summed E-state index contributed by atoms with van der Waals surface area (Å²) in [6.07, 6.45) is 9.56. The first-order chi connectivity index (χ1) is 10.2. The minimum atomic E-state index is -0.821. The summed E-state index contributed by atoms with van der Waals surface area (Å²) in [6.45, 7) is 7.91. The zero-order valence-electron chi connectivity index (χ0n) is 14.3. The number of rotatable bonds is 2. The van der Waals surface area contributed by atoms with E-state index in [-0.39, 0.29) is 11.1 Å². The van der Waals surface area contributed by atoms with Gasteiger partial charge in [-0.15, -0.1) is 0 Å². The minimum absolute atomic E-state index is 0.0857. The molecular weight excluding hydrogens is 278 g/mol. The second-order valence-electron chi connectivity index (χ2n) is 9.40. The molecule has 4 bridgehead atoms. The first-order valence-corrected chi connectivity index (χ1v) is 8.92. The number of hydrogen-bond donors (Lipinski definition) is 0. The average Bonchev–Trinajstić information content (AvgIpc) is 2.56. The van der Waals surface area contributed by atoms with Crippen LogP contribution in [0.25, 0.3) is 0 Å². The van der Waals surface area contributed by atoms with Crippen molar-refractivity contribution in [2.24, 2.45) is 23.2 Å². The fourth-order valence-electron chi connectivity index (χ4n) is 5.67. The Kier molecular flexibility index (Phi) is 3.18. The molecule has 0 N–H and O–H groups in total. The van der Waals surface area contributed by atoms with E-state index in [9.17, 15) is 4.39 Å². The zero-order chi connectivity index (χ0) is 15.8. The summed E-state index contributed by atoms with van der Waals surface area (Å²) >= 11 is 0. The molecule has 22 heavy (non-hydrogen) atoms. The van der Waals surface area contributed by atoms with E-state index in [1.807, 2.05) is 33.8 Å². The molecule has 2 nitrogen and oxygen atoms in total. The lowest BCUT2D eigenvalue weighted by Gasteiger charge is -2.55. The lowest BCUT2D eigenvalue weighted by Crippen LogP contribution is -2.45. The number of hydrogen-bond acceptors (Lipinski definition) is 2. The molecule has 4 saturated carbocycles. The van der Waals surface area contributed by atoms with Gasteiger partial charge in [0.2, 0.25) is 0 Å². The molecule has 0 unspecified atom stereocenters. The Morgan fingerprint density at radius 3 is 1.73 bits per heavy atom. The van der Waals surface area contributed by atoms with E-state index in [0.29, 0.717) is 0 Å². The normalized spacial score (nSPS) is 45.6. The third kappa shape index (κ3) is 2.29. The van der Waals surface area contributed by atoms with Gasteiger partial charge < -0.3 is 9.31 Å². The van der Waals surface area contributed by atoms with Crippen LogP contribution < -0.4 is 0 Å². The summed E-state index contributed by atoms with van der Waals surface area (Å²) in [5.74, 6) is 2.48. The monoisotopic (exact) mass is 306 g/mol. The second kappa shape index (κ2) is 4.60. The van der Waals surface area contributed by atoms with Crippen molar-refractivity contribution in [1.82, 2.24) is 0 Å². The summed E-state index contributed by atoms with van der Waals surface area (Å²) in [6, 6.07) is 0. The fourth-order valence-corrected chi connectivity index (χ4v) is 5.67. The van der Waals surface area contributed by atoms with Crippen molar-refractivity contribution in [3.63, 3.8) is 0 Å². The highest BCUT2D eigenvalue weighted by atomic mass is 19.1. The van der Waals surface area contributed by atoms with Gasteiger partial charge in [-0.2, -0.15) is 0 Å². The van der Waals surface area contributed by atoms with Gasteiger partial charge in [0.15, 0.2) is 0 Å². The predicted molar refractivity (Wildman–Crippen MR) is 85.9 cm³/mol. The Hall–Kier alpha value is -0.345. The van der Waals surface area contributed by atoms with Gasteiger partial charge in [0.1, 0.15) is 5.73 Å². The van der Waals surface area contributed by atoms with Crippen LogP contribution in [0.3, 0.4) is 0 Å². The molecule has 4 aliphatic carbocycles. The topological polar surface area (TPSA) is 18.5 Å². The SMILES string of the molecule is CC1(C)OB(C(F)=CC23CC4CC(CC(C4)C2)C3)OC1(C)C. The van der Waals surface area contributed by atoms with E-state index in [1.165, 1.54) is 38.5 Å². The second-order valence-corrected chi connectivity index (χ2v) is 9.40. The molecule has 5 rings (SSSR count). The molecule has 5 aliphatic rings. The van der Waals surface area contributed by atoms with Crippen molar-refractivity contribution >= 4 is 7.12 Å². The maximum absolute atomic E-state index is 14.9. The molecule has 1 heterocycles. The van der Waals surface area contributed by atoms with E-state index in [1.54, 1.807) is 0 Å². The zero-order valence-corrected chi connectivity index (χ0v) is 14.3. The molecule has 0 atom stereocenters. The quantitative estimate of drug-likeness (QED) is 0.689. The van der Waals surface area contributed by atoms with Crippen molar-refractivity contribution < 1.29 is 13.7 Å². The molecule has 1 saturated heterocycles. The fraction of sp³-hybridized carbons (Fsp3) is 0.889. The smallest absolute Gasteiger partial charge is 0.398 e. The lowest BCUT2D eigenvalue weighted by atomic mass is 9.49. The van der Waals surface area contributed by atoms with Crippen molar-refractivity contribution in [2.45, 2.75) is 77.4 Å². The summed E-state index contributed by atoms with van der Waals surface area (Å²) in [7, 11) is -0.821. The standard InChI is InChI=1S/C18H28BFO2/c1-16(2)17(3,4)22-19(21-16)15(20)11-18-8-12-5-13(9-18)7-14(6-12)10-18/h11-14H,5-10H2,1-4H3. The molecule has 0 aromatic rings. The Morgan fingerprint density at radius 2 is 1.32 bits per heavy atom. The van der Waals surface area contributed by atoms with Crippen molar-refractivity contribution in [3.8, 4) is 0 Å². The van der Waals surface area contributed by atoms with Gasteiger partial charge in [0.05, 0.1) is 11.2 Å². The summed E-state index contributed by atoms with van der Waals surface area (Å²) < 4.78 is 26.7. The Balaban J connectivity index is 1.56. The van der Waals surface area contributed by atoms with Crippen LogP contribution in [-0.4, -0.2) is 18.3 Å². The Morgan fingerprint density at radius 1 is 0.909 bits per heavy atom. The van der Waals surface area contributed by atoms with Crippen LogP contribution in [0.2, 0.25) is 0 Å². The molecule has 0 aromatic heterocycles. The Labute approximate surface area is 134 Å². The average molecular weight is 306 g/mol. The van der Waals surface area contributed by atoms with Gasteiger partial charge in [-0.05, 0) is 89.4 Å². The van der Waals surface area contributed by atoms with Gasteiger partial charge in [0.25, 0.3) is 0 Å². The Bertz CT molecular complexity index is 460. The molecule has 0 radical (unpaired) electrons. The third-order valence-electron chi connectivity index (χ3n) is 7.01. The molecule has 5 fully saturated rings. The molecule has 4 heteroatoms. The number of halogens is 1. The van der Waals surface area contributed by atoms with Crippen molar-refractivity contribution in [2.75, 3.05) is 0 Å². The van der Waals surface area contributed by atoms with E-state index in [4.69, 9.17) is 9.31 Å². The van der Waals surface area contributed by atoms with Crippen LogP contribution in [0.4, 0.5) is 4.39 Å². The van der Waals surface area contributed by atoms with Gasteiger partial charge in [-0.25, -0.2) is 4.39 Å². The number of allylic oxidation sites excluding steroid dienone is 1. The molecular formula is C18H28BFO2. The van der Waals surface area contributed by atoms with Crippen LogP contribution >= 0.6 is 0 Å². The predicted octanol–water partition coefficient (Wildman–Crippen LogP) is 4.69. The van der Waals surface area contributed by atoms with Crippen LogP contribution in [0.15, 0.2) is 11.8 Å². The maximum atomic E-state index is 14.9. The van der Waals surface area contributed by atoms with Crippen LogP contribution in [0.5, 0.6) is 0 Å². The highest BCUT2D eigenvalue weighted by Gasteiger charge is 2.55. The molecule has 1 aliphatic heterocycles. The summed E-state index contributed by atoms with van der Waals surface area (Å²) in [4.78, 5) is 0. The van der Waals surface area contributed by atoms with E-state index >= 15 is 0 Å². The van der Waals surface area contributed by atoms with Crippen LogP contribution in [0.1, 0.15) is 66.2 Å². The first-order valence-electron chi connectivity index (χ1n) is 8.92.